The number of hydrogen-bond acceptors (Lipinski definition) is 32. The zero-order chi connectivity index (χ0) is 93.8. The molecule has 0 aliphatic carbocycles. The first-order chi connectivity index (χ1) is 59.5. The molecule has 0 saturated carbocycles. The average molecular weight is 1840 g/mol. The van der Waals surface area contributed by atoms with Crippen LogP contribution < -0.4 is 55.1 Å². The average Bonchev–Trinajstić information content (AvgIpc) is 0.803. The summed E-state index contributed by atoms with van der Waals surface area (Å²) in [6.45, 7) is 8.33. The highest BCUT2D eigenvalue weighted by Gasteiger charge is 2.32. The SMILES string of the molecule is COc1cc(O)c(C(=O)c2ccc(C)cc2)cc1S(=O)(=O)NCCCN.COc1cc(O)c(C(=O)c2ccc(C)cc2)cc1S(=O)(=O)NCCN.COc1cc(O)c(C(=O)c2ccc(C)cc2)cc1S(=O)(=O)NCCO.COc1cc(O)c(C(=O)c2ccc(C)cc2)cc1S(=O)(=O)OCCN.COc1cc(O)c(C(=O)c2ccc(C)cc2)cc1S(=O)(=O)OCCO. The molecular weight excluding hydrogens is 1740 g/mol. The molecule has 126 heavy (non-hydrogen) atoms. The van der Waals surface area contributed by atoms with Gasteiger partial charge in [0.25, 0.3) is 0 Å². The van der Waals surface area contributed by atoms with E-state index in [0.29, 0.717) is 40.8 Å². The van der Waals surface area contributed by atoms with Gasteiger partial charge >= 0.3 is 20.2 Å². The van der Waals surface area contributed by atoms with Crippen LogP contribution >= 0.6 is 0 Å². The Kier molecular flexibility index (Phi) is 38.1. The van der Waals surface area contributed by atoms with E-state index in [1.54, 1.807) is 121 Å². The van der Waals surface area contributed by atoms with Crippen LogP contribution in [-0.2, 0) is 58.7 Å². The van der Waals surface area contributed by atoms with E-state index in [-0.39, 0.29) is 145 Å². The first kappa shape index (κ1) is 103. The second-order valence-corrected chi connectivity index (χ2v) is 35.4. The third-order valence-electron chi connectivity index (χ3n) is 17.8. The summed E-state index contributed by atoms with van der Waals surface area (Å²) in [7, 11) is -14.1. The number of aliphatic hydroxyl groups excluding tert-OH is 2. The Bertz CT molecular complexity index is 5530. The highest BCUT2D eigenvalue weighted by Crippen LogP contribution is 2.39. The van der Waals surface area contributed by atoms with Crippen LogP contribution in [0.3, 0.4) is 0 Å². The number of rotatable bonds is 36. The number of carbonyl (C=O) groups excluding carboxylic acids is 5. The van der Waals surface area contributed by atoms with Gasteiger partial charge < -0.3 is 76.6 Å². The van der Waals surface area contributed by atoms with Gasteiger partial charge in [-0.3, -0.25) is 32.3 Å². The Morgan fingerprint density at radius 2 is 0.516 bits per heavy atom. The molecule has 0 fully saturated rings. The number of hydrogen-bond donors (Lipinski definition) is 13. The highest BCUT2D eigenvalue weighted by molar-refractivity contribution is 7.90. The minimum atomic E-state index is -4.28. The van der Waals surface area contributed by atoms with Crippen LogP contribution in [-0.4, -0.2) is 208 Å². The predicted octanol–water partition coefficient (Wildman–Crippen LogP) is 7.20. The van der Waals surface area contributed by atoms with Crippen molar-refractivity contribution >= 4 is 79.2 Å². The molecule has 0 unspecified atom stereocenters. The summed E-state index contributed by atoms with van der Waals surface area (Å²) in [5.74, 6) is -4.98. The van der Waals surface area contributed by atoms with Crippen molar-refractivity contribution in [1.29, 1.82) is 0 Å². The van der Waals surface area contributed by atoms with Gasteiger partial charge in [0.15, 0.2) is 28.9 Å². The summed E-state index contributed by atoms with van der Waals surface area (Å²) in [4.78, 5) is 61.6. The van der Waals surface area contributed by atoms with Gasteiger partial charge in [0.05, 0.1) is 89.8 Å². The predicted molar refractivity (Wildman–Crippen MR) is 464 cm³/mol. The van der Waals surface area contributed by atoms with E-state index in [9.17, 15) is 91.6 Å². The van der Waals surface area contributed by atoms with Gasteiger partial charge in [-0.15, -0.1) is 0 Å². The summed E-state index contributed by atoms with van der Waals surface area (Å²) >= 11 is 0. The van der Waals surface area contributed by atoms with Gasteiger partial charge in [-0.2, -0.15) is 16.8 Å². The Balaban J connectivity index is 0.000000243. The summed E-state index contributed by atoms with van der Waals surface area (Å²) in [6, 6.07) is 44.3. The van der Waals surface area contributed by atoms with Gasteiger partial charge in [0.1, 0.15) is 82.0 Å². The van der Waals surface area contributed by atoms with Gasteiger partial charge in [-0.05, 0) is 77.9 Å². The van der Waals surface area contributed by atoms with Crippen LogP contribution in [0.25, 0.3) is 0 Å². The molecule has 10 aromatic carbocycles. The molecule has 16 N–H and O–H groups in total. The monoisotopic (exact) mass is 1840 g/mol. The van der Waals surface area contributed by atoms with Crippen LogP contribution in [0.15, 0.2) is 206 Å². The van der Waals surface area contributed by atoms with Crippen LogP contribution in [0.4, 0.5) is 0 Å². The van der Waals surface area contributed by atoms with Crippen LogP contribution in [0.2, 0.25) is 0 Å². The zero-order valence-electron chi connectivity index (χ0n) is 70.0. The molecule has 0 aliphatic heterocycles. The lowest BCUT2D eigenvalue weighted by molar-refractivity contribution is 0.102. The number of nitrogens with one attached hydrogen (secondary N) is 3. The number of methoxy groups -OCH3 is 5. The summed E-state index contributed by atoms with van der Waals surface area (Å²) in [5, 5.41) is 68.2. The number of aryl methyl sites for hydroxylation is 5. The fourth-order valence-corrected chi connectivity index (χ4v) is 17.0. The van der Waals surface area contributed by atoms with Crippen molar-refractivity contribution in [3.8, 4) is 57.5 Å². The molecule has 40 heteroatoms. The van der Waals surface area contributed by atoms with E-state index in [0.717, 1.165) is 88.5 Å². The number of phenols is 5. The fraction of sp³-hybridized carbons (Fsp3) is 0.244. The minimum absolute atomic E-state index is 0.00871. The molecule has 0 aliphatic rings. The molecule has 10 aromatic rings. The normalized spacial score (nSPS) is 11.3. The first-order valence-electron chi connectivity index (χ1n) is 37.7. The maximum absolute atomic E-state index is 12.7. The lowest BCUT2D eigenvalue weighted by Gasteiger charge is -2.13. The number of aliphatic hydroxyl groups is 2. The van der Waals surface area contributed by atoms with E-state index in [2.05, 4.69) is 18.3 Å². The van der Waals surface area contributed by atoms with Crippen LogP contribution in [0, 0.1) is 34.6 Å². The molecule has 0 bridgehead atoms. The lowest BCUT2D eigenvalue weighted by Crippen LogP contribution is -2.29. The lowest BCUT2D eigenvalue weighted by atomic mass is 10.0. The number of aromatic hydroxyl groups is 5. The van der Waals surface area contributed by atoms with Crippen LogP contribution in [0.5, 0.6) is 57.5 Å². The molecule has 0 heterocycles. The zero-order valence-corrected chi connectivity index (χ0v) is 74.1. The molecule has 0 saturated heterocycles. The fourth-order valence-electron chi connectivity index (χ4n) is 11.1. The van der Waals surface area contributed by atoms with Crippen LogP contribution in [0.1, 0.15) is 114 Å². The van der Waals surface area contributed by atoms with E-state index in [4.69, 9.17) is 55.3 Å². The largest absolute Gasteiger partial charge is 0.507 e. The number of nitrogens with two attached hydrogens (primary N) is 3. The Morgan fingerprint density at radius 1 is 0.294 bits per heavy atom. The Labute approximate surface area is 729 Å². The van der Waals surface area contributed by atoms with Crippen molar-refractivity contribution in [2.75, 3.05) is 101 Å². The molecule has 10 rings (SSSR count). The summed E-state index contributed by atoms with van der Waals surface area (Å²) in [5.41, 5.74) is 21.6. The number of ketones is 5. The van der Waals surface area contributed by atoms with Gasteiger partial charge in [-0.1, -0.05) is 149 Å². The smallest absolute Gasteiger partial charge is 0.300 e. The van der Waals surface area contributed by atoms with Gasteiger partial charge in [0.2, 0.25) is 30.1 Å². The van der Waals surface area contributed by atoms with E-state index in [1.165, 1.54) is 35.5 Å². The van der Waals surface area contributed by atoms with Gasteiger partial charge in [0, 0.05) is 90.9 Å². The first-order valence-corrected chi connectivity index (χ1v) is 45.0. The summed E-state index contributed by atoms with van der Waals surface area (Å²) < 4.78 is 165. The maximum Gasteiger partial charge on any atom is 0.300 e. The molecule has 0 atom stereocenters. The molecule has 35 nitrogen and oxygen atoms in total. The number of carbonyl (C=O) groups is 5. The second kappa shape index (κ2) is 46.7. The van der Waals surface area contributed by atoms with E-state index < -0.39 is 103 Å². The number of ether oxygens (including phenoxy) is 5. The maximum atomic E-state index is 12.7. The minimum Gasteiger partial charge on any atom is -0.507 e. The topological polar surface area (TPSA) is 576 Å². The third-order valence-corrected chi connectivity index (χ3v) is 24.9. The quantitative estimate of drug-likeness (QED) is 0.0105. The summed E-state index contributed by atoms with van der Waals surface area (Å²) in [6.07, 6.45) is 0.467. The van der Waals surface area contributed by atoms with Crippen molar-refractivity contribution in [2.45, 2.75) is 65.5 Å². The molecule has 676 valence electrons. The van der Waals surface area contributed by atoms with Crippen molar-refractivity contribution in [1.82, 2.24) is 14.2 Å². The highest BCUT2D eigenvalue weighted by atomic mass is 32.2. The third kappa shape index (κ3) is 27.5. The molecule has 0 spiro atoms. The molecule has 0 amide bonds. The molecular formula is C86H98N6O29S5. The molecule has 0 aromatic heterocycles. The van der Waals surface area contributed by atoms with Crippen molar-refractivity contribution in [2.24, 2.45) is 17.2 Å². The number of phenolic OH excluding ortho intramolecular Hbond substituents is 5. The van der Waals surface area contributed by atoms with Gasteiger partial charge in [-0.25, -0.2) is 39.4 Å². The molecule has 0 radical (unpaired) electrons. The Morgan fingerprint density at radius 3 is 0.730 bits per heavy atom. The van der Waals surface area contributed by atoms with Crippen molar-refractivity contribution < 1.29 is 134 Å². The van der Waals surface area contributed by atoms with Crippen molar-refractivity contribution in [3.05, 3.63) is 265 Å². The Hall–Kier alpha value is -12.1. The standard InChI is InChI=1S/C18H22N2O5S.C17H20N2O5S.2C17H19NO6S.C17H18O7S/c1-12-4-6-13(7-5-12)18(22)14-10-17(16(25-2)11-15(14)21)26(23,24)20-9-3-8-19;1-11-3-5-12(6-4-11)17(21)13-9-16(15(24-2)10-14(13)20)25(22,23)19-8-7-18;1-11-3-5-12(6-4-11)17(20)13-9-16(15(23-2)10-14(13)19)25(21,22)24-8-7-18;1-11-3-5-12(6-4-11)17(21)13-9-16(15(24-2)10-14(13)20)25(22,23)18-7-8-19;1-11-3-5-12(6-4-11)17(20)13-9-16(15(23-2)10-14(13)19)25(21,22)24-8-7-18/h4-7,10-11,20-21H,3,8-9,19H2,1-2H3;3-6,9-10,19-20H,7-8,18H2,1-2H3;3-6,9-10,19H,7-8,18H2,1-2H3;3-6,9-10,18-20H,7-8H2,1-2H3;3-6,9-10,18-19H,7-8H2,1-2H3. The van der Waals surface area contributed by atoms with Crippen molar-refractivity contribution in [3.63, 3.8) is 0 Å². The van der Waals surface area contributed by atoms with E-state index >= 15 is 0 Å². The number of benzene rings is 10. The van der Waals surface area contributed by atoms with E-state index in [1.807, 2.05) is 34.6 Å². The number of sulfonamides is 3. The second-order valence-electron chi connectivity index (χ2n) is 27.0.